The molecule has 0 aromatic carbocycles. The molecule has 0 spiro atoms. The Morgan fingerprint density at radius 1 is 1.57 bits per heavy atom. The molecule has 0 radical (unpaired) electrons. The summed E-state index contributed by atoms with van der Waals surface area (Å²) in [6.45, 7) is 0. The number of rotatable bonds is 5. The number of carbonyl (C=O) groups excluding carboxylic acids is 1. The van der Waals surface area contributed by atoms with E-state index in [4.69, 9.17) is 11.6 Å². The Hall–Kier alpha value is -1.48. The van der Waals surface area contributed by atoms with Gasteiger partial charge in [0.1, 0.15) is 11.4 Å². The maximum absolute atomic E-state index is 12.4. The Kier molecular flexibility index (Phi) is 6.28. The van der Waals surface area contributed by atoms with Gasteiger partial charge >= 0.3 is 6.18 Å². The highest BCUT2D eigenvalue weighted by molar-refractivity contribution is 8.00. The number of nitrogens with one attached hydrogen (secondary N) is 1. The minimum absolute atomic E-state index is 0.0666. The topological polar surface area (TPSA) is 57.6 Å². The maximum atomic E-state index is 12.4. The van der Waals surface area contributed by atoms with Gasteiger partial charge in [-0.05, 0) is 6.07 Å². The Bertz CT molecular complexity index is 537. The third kappa shape index (κ3) is 6.21. The van der Waals surface area contributed by atoms with Crippen molar-refractivity contribution in [2.24, 2.45) is 5.10 Å². The van der Waals surface area contributed by atoms with Crippen molar-refractivity contribution in [3.63, 3.8) is 0 Å². The van der Waals surface area contributed by atoms with Crippen molar-refractivity contribution in [2.75, 3.05) is 19.8 Å². The summed E-state index contributed by atoms with van der Waals surface area (Å²) < 4.78 is 37.3. The van der Waals surface area contributed by atoms with Crippen LogP contribution in [0.4, 0.5) is 13.2 Å². The molecule has 1 aromatic rings. The molecule has 0 bridgehead atoms. The molecule has 0 saturated heterocycles. The molecule has 0 aliphatic carbocycles. The van der Waals surface area contributed by atoms with E-state index in [0.29, 0.717) is 6.20 Å². The Morgan fingerprint density at radius 2 is 2.24 bits per heavy atom. The highest BCUT2D eigenvalue weighted by Crippen LogP contribution is 2.33. The number of hydrogen-bond donors (Lipinski definition) is 1. The van der Waals surface area contributed by atoms with Crippen LogP contribution in [0.3, 0.4) is 0 Å². The molecule has 0 aliphatic heterocycles. The molecule has 116 valence electrons. The molecule has 1 amide bonds. The zero-order valence-electron chi connectivity index (χ0n) is 11.1. The minimum Gasteiger partial charge on any atom is -0.367 e. The van der Waals surface area contributed by atoms with E-state index in [0.717, 1.165) is 17.8 Å². The van der Waals surface area contributed by atoms with Crippen LogP contribution in [-0.4, -0.2) is 42.0 Å². The molecule has 1 rings (SSSR count). The molecule has 1 aromatic heterocycles. The molecule has 1 heterocycles. The number of halogens is 4. The van der Waals surface area contributed by atoms with E-state index >= 15 is 0 Å². The van der Waals surface area contributed by atoms with Crippen molar-refractivity contribution in [3.8, 4) is 0 Å². The first-order valence-electron chi connectivity index (χ1n) is 5.54. The summed E-state index contributed by atoms with van der Waals surface area (Å²) in [6, 6.07) is 0.777. The van der Waals surface area contributed by atoms with Crippen LogP contribution in [0.25, 0.3) is 0 Å². The van der Waals surface area contributed by atoms with E-state index in [1.807, 2.05) is 0 Å². The van der Waals surface area contributed by atoms with Crippen LogP contribution < -0.4 is 5.43 Å². The lowest BCUT2D eigenvalue weighted by molar-refractivity contribution is -0.137. The first kappa shape index (κ1) is 17.6. The molecule has 0 unspecified atom stereocenters. The highest BCUT2D eigenvalue weighted by Gasteiger charge is 2.31. The minimum atomic E-state index is -4.50. The normalized spacial score (nSPS) is 11.7. The summed E-state index contributed by atoms with van der Waals surface area (Å²) in [5.74, 6) is -0.487. The fourth-order valence-electron chi connectivity index (χ4n) is 1.07. The standard InChI is InChI=1S/C11H12ClF3N4OS/c1-19(2)6-17-18-9(20)5-21-10-8(12)3-7(4-16-10)11(13,14)15/h3-4,6H,5H2,1-2H3,(H,18,20)/b17-6-. The molecule has 5 nitrogen and oxygen atoms in total. The molecule has 0 saturated carbocycles. The largest absolute Gasteiger partial charge is 0.417 e. The number of alkyl halides is 3. The third-order valence-corrected chi connectivity index (χ3v) is 3.36. The van der Waals surface area contributed by atoms with Crippen molar-refractivity contribution in [1.82, 2.24) is 15.3 Å². The number of hydrogen-bond acceptors (Lipinski definition) is 4. The third-order valence-electron chi connectivity index (χ3n) is 1.95. The maximum Gasteiger partial charge on any atom is 0.417 e. The van der Waals surface area contributed by atoms with Crippen molar-refractivity contribution in [1.29, 1.82) is 0 Å². The lowest BCUT2D eigenvalue weighted by Crippen LogP contribution is -2.21. The van der Waals surface area contributed by atoms with Gasteiger partial charge in [0.25, 0.3) is 5.91 Å². The molecule has 21 heavy (non-hydrogen) atoms. The van der Waals surface area contributed by atoms with Gasteiger partial charge < -0.3 is 4.90 Å². The van der Waals surface area contributed by atoms with E-state index < -0.39 is 17.6 Å². The number of hydrazone groups is 1. The van der Waals surface area contributed by atoms with E-state index in [-0.39, 0.29) is 15.8 Å². The monoisotopic (exact) mass is 340 g/mol. The van der Waals surface area contributed by atoms with Gasteiger partial charge in [-0.25, -0.2) is 10.4 Å². The molecule has 0 aliphatic rings. The fourth-order valence-corrected chi connectivity index (χ4v) is 2.06. The lowest BCUT2D eigenvalue weighted by atomic mass is 10.3. The zero-order valence-corrected chi connectivity index (χ0v) is 12.7. The Morgan fingerprint density at radius 3 is 2.76 bits per heavy atom. The Labute approximate surface area is 128 Å². The smallest absolute Gasteiger partial charge is 0.367 e. The summed E-state index contributed by atoms with van der Waals surface area (Å²) >= 11 is 6.64. The first-order valence-corrected chi connectivity index (χ1v) is 6.90. The Balaban J connectivity index is 2.58. The van der Waals surface area contributed by atoms with E-state index in [1.54, 1.807) is 19.0 Å². The second-order valence-corrected chi connectivity index (χ2v) is 5.41. The van der Waals surface area contributed by atoms with Crippen molar-refractivity contribution < 1.29 is 18.0 Å². The lowest BCUT2D eigenvalue weighted by Gasteiger charge is -2.08. The van der Waals surface area contributed by atoms with Crippen molar-refractivity contribution in [2.45, 2.75) is 11.2 Å². The number of thioether (sulfide) groups is 1. The van der Waals surface area contributed by atoms with Crippen LogP contribution in [0.1, 0.15) is 5.56 Å². The quantitative estimate of drug-likeness (QED) is 0.387. The highest BCUT2D eigenvalue weighted by atomic mass is 35.5. The second-order valence-electron chi connectivity index (χ2n) is 4.04. The molecular weight excluding hydrogens is 329 g/mol. The van der Waals surface area contributed by atoms with Crippen molar-refractivity contribution in [3.05, 3.63) is 22.8 Å². The first-order chi connectivity index (χ1) is 9.70. The van der Waals surface area contributed by atoms with Crippen LogP contribution in [-0.2, 0) is 11.0 Å². The predicted octanol–water partition coefficient (Wildman–Crippen LogP) is 2.47. The van der Waals surface area contributed by atoms with Gasteiger partial charge in [-0.2, -0.15) is 18.3 Å². The van der Waals surface area contributed by atoms with Crippen LogP contribution in [0.15, 0.2) is 22.4 Å². The van der Waals surface area contributed by atoms with Gasteiger partial charge in [0.2, 0.25) is 0 Å². The van der Waals surface area contributed by atoms with Crippen molar-refractivity contribution >= 4 is 35.6 Å². The molecule has 1 N–H and O–H groups in total. The average Bonchev–Trinajstić information content (AvgIpc) is 2.35. The van der Waals surface area contributed by atoms with Gasteiger partial charge in [0.15, 0.2) is 0 Å². The average molecular weight is 341 g/mol. The van der Waals surface area contributed by atoms with Gasteiger partial charge in [0, 0.05) is 20.3 Å². The molecule has 10 heteroatoms. The number of aromatic nitrogens is 1. The SMILES string of the molecule is CN(C)/C=N\NC(=O)CSc1ncc(C(F)(F)F)cc1Cl. The van der Waals surface area contributed by atoms with Gasteiger partial charge in [-0.15, -0.1) is 0 Å². The second kappa shape index (κ2) is 7.51. The summed E-state index contributed by atoms with van der Waals surface area (Å²) in [7, 11) is 3.46. The van der Waals surface area contributed by atoms with E-state index in [9.17, 15) is 18.0 Å². The number of pyridine rings is 1. The summed E-state index contributed by atoms with van der Waals surface area (Å²) in [5, 5.41) is 3.63. The van der Waals surface area contributed by atoms with Crippen LogP contribution in [0, 0.1) is 0 Å². The number of carbonyl (C=O) groups is 1. The molecule has 0 fully saturated rings. The van der Waals surface area contributed by atoms with E-state index in [1.165, 1.54) is 6.34 Å². The summed E-state index contributed by atoms with van der Waals surface area (Å²) in [4.78, 5) is 16.7. The van der Waals surface area contributed by atoms with E-state index in [2.05, 4.69) is 15.5 Å². The van der Waals surface area contributed by atoms with Crippen LogP contribution in [0.2, 0.25) is 5.02 Å². The molecular formula is C11H12ClF3N4OS. The van der Waals surface area contributed by atoms with Gasteiger partial charge in [0.05, 0.1) is 16.3 Å². The van der Waals surface area contributed by atoms with Crippen LogP contribution >= 0.6 is 23.4 Å². The summed E-state index contributed by atoms with van der Waals surface area (Å²) in [6.07, 6.45) is -2.43. The van der Waals surface area contributed by atoms with Crippen LogP contribution in [0.5, 0.6) is 0 Å². The predicted molar refractivity (Wildman–Crippen MR) is 75.3 cm³/mol. The zero-order chi connectivity index (χ0) is 16.0. The van der Waals surface area contributed by atoms with Gasteiger partial charge in [-0.3, -0.25) is 4.79 Å². The number of amides is 1. The molecule has 0 atom stereocenters. The fraction of sp³-hybridized carbons (Fsp3) is 0.364. The summed E-state index contributed by atoms with van der Waals surface area (Å²) in [5.41, 5.74) is 1.32. The number of nitrogens with zero attached hydrogens (tertiary/aromatic N) is 3. The van der Waals surface area contributed by atoms with Gasteiger partial charge in [-0.1, -0.05) is 23.4 Å².